The van der Waals surface area contributed by atoms with Gasteiger partial charge in [0.1, 0.15) is 10.6 Å². The highest BCUT2D eigenvalue weighted by atomic mass is 32.2. The van der Waals surface area contributed by atoms with Crippen molar-refractivity contribution in [3.63, 3.8) is 0 Å². The average molecular weight is 487 g/mol. The Morgan fingerprint density at radius 1 is 1.06 bits per heavy atom. The summed E-state index contributed by atoms with van der Waals surface area (Å²) in [5.74, 6) is -1.10. The predicted molar refractivity (Wildman–Crippen MR) is 126 cm³/mol. The third kappa shape index (κ3) is 5.77. The van der Waals surface area contributed by atoms with E-state index < -0.39 is 28.5 Å². The number of amides is 1. The molecule has 1 amide bonds. The standard InChI is InChI=1S/C25H30N2O6S/c1-16(18-8-7-17-5-3-4-6-19(17)13-18)26-24(28)15-33-25(29)20-9-12-22(32-2)23(14-20)34(30,31)27-21-10-11-21/h7-9,12-14,16,21,27H,3-6,10-11,15H2,1-2H3,(H,26,28). The van der Waals surface area contributed by atoms with Crippen molar-refractivity contribution in [2.24, 2.45) is 0 Å². The molecular weight excluding hydrogens is 456 g/mol. The molecule has 1 unspecified atom stereocenters. The van der Waals surface area contributed by atoms with Crippen LogP contribution in [0.2, 0.25) is 0 Å². The molecule has 2 aliphatic carbocycles. The molecule has 0 spiro atoms. The minimum absolute atomic E-state index is 0.0208. The number of fused-ring (bicyclic) bond motifs is 1. The van der Waals surface area contributed by atoms with Crippen LogP contribution in [0.3, 0.4) is 0 Å². The van der Waals surface area contributed by atoms with E-state index in [0.717, 1.165) is 31.2 Å². The first kappa shape index (κ1) is 24.2. The van der Waals surface area contributed by atoms with E-state index in [2.05, 4.69) is 22.2 Å². The van der Waals surface area contributed by atoms with Crippen molar-refractivity contribution in [3.05, 3.63) is 58.7 Å². The topological polar surface area (TPSA) is 111 Å². The fourth-order valence-electron chi connectivity index (χ4n) is 4.10. The molecule has 1 saturated carbocycles. The van der Waals surface area contributed by atoms with Crippen molar-refractivity contribution in [2.75, 3.05) is 13.7 Å². The van der Waals surface area contributed by atoms with Gasteiger partial charge in [0, 0.05) is 6.04 Å². The Bertz CT molecular complexity index is 1190. The summed E-state index contributed by atoms with van der Waals surface area (Å²) in [6.45, 7) is 1.42. The lowest BCUT2D eigenvalue weighted by atomic mass is 9.89. The van der Waals surface area contributed by atoms with Gasteiger partial charge in [0.15, 0.2) is 6.61 Å². The zero-order valence-electron chi connectivity index (χ0n) is 19.4. The molecule has 2 N–H and O–H groups in total. The number of benzene rings is 2. The Morgan fingerprint density at radius 3 is 2.50 bits per heavy atom. The SMILES string of the molecule is COc1ccc(C(=O)OCC(=O)NC(C)c2ccc3c(c2)CCCC3)cc1S(=O)(=O)NC1CC1. The summed E-state index contributed by atoms with van der Waals surface area (Å²) in [5.41, 5.74) is 3.73. The summed E-state index contributed by atoms with van der Waals surface area (Å²) in [4.78, 5) is 24.8. The Labute approximate surface area is 200 Å². The second-order valence-corrected chi connectivity index (χ2v) is 10.5. The molecule has 4 rings (SSSR count). The fourth-order valence-corrected chi connectivity index (χ4v) is 5.60. The maximum Gasteiger partial charge on any atom is 0.338 e. The molecule has 182 valence electrons. The van der Waals surface area contributed by atoms with Crippen molar-refractivity contribution in [2.45, 2.75) is 62.4 Å². The molecule has 8 nitrogen and oxygen atoms in total. The van der Waals surface area contributed by atoms with Crippen LogP contribution in [0.15, 0.2) is 41.3 Å². The predicted octanol–water partition coefficient (Wildman–Crippen LogP) is 3.05. The number of esters is 1. The van der Waals surface area contributed by atoms with Crippen molar-refractivity contribution in [1.82, 2.24) is 10.0 Å². The number of rotatable bonds is 9. The van der Waals surface area contributed by atoms with Gasteiger partial charge in [-0.1, -0.05) is 18.2 Å². The maximum atomic E-state index is 12.6. The first-order chi connectivity index (χ1) is 16.3. The molecule has 1 fully saturated rings. The molecule has 2 aliphatic rings. The summed E-state index contributed by atoms with van der Waals surface area (Å²) >= 11 is 0. The van der Waals surface area contributed by atoms with Crippen LogP contribution in [0.4, 0.5) is 0 Å². The van der Waals surface area contributed by atoms with Crippen LogP contribution < -0.4 is 14.8 Å². The second kappa shape index (κ2) is 10.1. The monoisotopic (exact) mass is 486 g/mol. The maximum absolute atomic E-state index is 12.6. The Kier molecular flexibility index (Phi) is 7.23. The number of hydrogen-bond donors (Lipinski definition) is 2. The molecule has 0 bridgehead atoms. The zero-order chi connectivity index (χ0) is 24.3. The van der Waals surface area contributed by atoms with Crippen LogP contribution in [-0.2, 0) is 32.4 Å². The third-order valence-corrected chi connectivity index (χ3v) is 7.71. The molecule has 2 aromatic rings. The molecule has 0 radical (unpaired) electrons. The Balaban J connectivity index is 1.36. The second-order valence-electron chi connectivity index (χ2n) is 8.86. The van der Waals surface area contributed by atoms with Gasteiger partial charge in [-0.3, -0.25) is 4.79 Å². The highest BCUT2D eigenvalue weighted by molar-refractivity contribution is 7.89. The largest absolute Gasteiger partial charge is 0.495 e. The summed E-state index contributed by atoms with van der Waals surface area (Å²) in [5, 5.41) is 2.85. The number of hydrogen-bond acceptors (Lipinski definition) is 6. The van der Waals surface area contributed by atoms with Crippen LogP contribution in [0.5, 0.6) is 5.75 Å². The van der Waals surface area contributed by atoms with Crippen molar-refractivity contribution < 1.29 is 27.5 Å². The fraction of sp³-hybridized carbons (Fsp3) is 0.440. The van der Waals surface area contributed by atoms with E-state index >= 15 is 0 Å². The van der Waals surface area contributed by atoms with Crippen LogP contribution in [-0.4, -0.2) is 40.1 Å². The first-order valence-electron chi connectivity index (χ1n) is 11.6. The van der Waals surface area contributed by atoms with Gasteiger partial charge in [-0.25, -0.2) is 17.9 Å². The van der Waals surface area contributed by atoms with E-state index in [1.165, 1.54) is 49.3 Å². The van der Waals surface area contributed by atoms with Gasteiger partial charge in [-0.05, 0) is 80.3 Å². The lowest BCUT2D eigenvalue weighted by molar-refractivity contribution is -0.124. The summed E-state index contributed by atoms with van der Waals surface area (Å²) in [6, 6.07) is 9.98. The molecule has 0 saturated heterocycles. The van der Waals surface area contributed by atoms with Gasteiger partial charge >= 0.3 is 5.97 Å². The first-order valence-corrected chi connectivity index (χ1v) is 13.0. The number of carbonyl (C=O) groups excluding carboxylic acids is 2. The van der Waals surface area contributed by atoms with E-state index in [1.54, 1.807) is 0 Å². The molecule has 34 heavy (non-hydrogen) atoms. The minimum Gasteiger partial charge on any atom is -0.495 e. The molecular formula is C25H30N2O6S. The van der Waals surface area contributed by atoms with Gasteiger partial charge in [-0.15, -0.1) is 0 Å². The summed E-state index contributed by atoms with van der Waals surface area (Å²) in [7, 11) is -2.48. The van der Waals surface area contributed by atoms with Gasteiger partial charge in [0.25, 0.3) is 5.91 Å². The quantitative estimate of drug-likeness (QED) is 0.527. The molecule has 0 aromatic heterocycles. The highest BCUT2D eigenvalue weighted by Gasteiger charge is 2.30. The molecule has 1 atom stereocenters. The number of nitrogens with one attached hydrogen (secondary N) is 2. The number of sulfonamides is 1. The van der Waals surface area contributed by atoms with Gasteiger partial charge in [0.2, 0.25) is 10.0 Å². The minimum atomic E-state index is -3.84. The van der Waals surface area contributed by atoms with Gasteiger partial charge in [0.05, 0.1) is 18.7 Å². The third-order valence-electron chi connectivity index (χ3n) is 6.17. The van der Waals surface area contributed by atoms with E-state index in [9.17, 15) is 18.0 Å². The summed E-state index contributed by atoms with van der Waals surface area (Å²) in [6.07, 6.45) is 6.10. The lowest BCUT2D eigenvalue weighted by Gasteiger charge is -2.20. The van der Waals surface area contributed by atoms with E-state index in [4.69, 9.17) is 9.47 Å². The zero-order valence-corrected chi connectivity index (χ0v) is 20.2. The van der Waals surface area contributed by atoms with Crippen LogP contribution >= 0.6 is 0 Å². The van der Waals surface area contributed by atoms with Gasteiger partial charge in [-0.2, -0.15) is 0 Å². The number of methoxy groups -OCH3 is 1. The average Bonchev–Trinajstić information content (AvgIpc) is 3.65. The Morgan fingerprint density at radius 2 is 1.79 bits per heavy atom. The number of aryl methyl sites for hydroxylation is 2. The van der Waals surface area contributed by atoms with Gasteiger partial charge < -0.3 is 14.8 Å². The van der Waals surface area contributed by atoms with E-state index in [-0.39, 0.29) is 28.3 Å². The molecule has 9 heteroatoms. The van der Waals surface area contributed by atoms with Crippen molar-refractivity contribution >= 4 is 21.9 Å². The normalized spacial score (nSPS) is 16.3. The number of ether oxygens (including phenoxy) is 2. The molecule has 0 heterocycles. The molecule has 2 aromatic carbocycles. The molecule has 0 aliphatic heterocycles. The smallest absolute Gasteiger partial charge is 0.338 e. The lowest BCUT2D eigenvalue weighted by Crippen LogP contribution is -2.31. The van der Waals surface area contributed by atoms with Crippen LogP contribution in [0.1, 0.15) is 65.7 Å². The number of carbonyl (C=O) groups is 2. The summed E-state index contributed by atoms with van der Waals surface area (Å²) < 4.78 is 38.1. The Hall–Kier alpha value is -2.91. The van der Waals surface area contributed by atoms with E-state index in [1.807, 2.05) is 13.0 Å². The van der Waals surface area contributed by atoms with Crippen LogP contribution in [0, 0.1) is 0 Å². The van der Waals surface area contributed by atoms with Crippen LogP contribution in [0.25, 0.3) is 0 Å². The highest BCUT2D eigenvalue weighted by Crippen LogP contribution is 2.29. The van der Waals surface area contributed by atoms with Crippen molar-refractivity contribution in [1.29, 1.82) is 0 Å². The van der Waals surface area contributed by atoms with Crippen molar-refractivity contribution in [3.8, 4) is 5.75 Å². The van der Waals surface area contributed by atoms with E-state index in [0.29, 0.717) is 0 Å².